The zero-order valence-electron chi connectivity index (χ0n) is 19.9. The highest BCUT2D eigenvalue weighted by Crippen LogP contribution is 2.34. The lowest BCUT2D eigenvalue weighted by molar-refractivity contribution is -0.137. The summed E-state index contributed by atoms with van der Waals surface area (Å²) in [7, 11) is 3.62. The topological polar surface area (TPSA) is 121 Å². The van der Waals surface area contributed by atoms with Crippen molar-refractivity contribution in [3.8, 4) is 5.75 Å². The van der Waals surface area contributed by atoms with Crippen LogP contribution in [0, 0.1) is 0 Å². The molecule has 0 spiro atoms. The monoisotopic (exact) mass is 508 g/mol. The molecule has 0 radical (unpaired) electrons. The number of urea groups is 1. The van der Waals surface area contributed by atoms with Gasteiger partial charge in [-0.25, -0.2) is 14.8 Å². The number of aromatic nitrogens is 2. The van der Waals surface area contributed by atoms with Gasteiger partial charge in [0, 0.05) is 30.1 Å². The molecule has 4 N–H and O–H groups in total. The Morgan fingerprint density at radius 1 is 1.14 bits per heavy atom. The summed E-state index contributed by atoms with van der Waals surface area (Å²) in [6, 6.07) is 2.22. The third-order valence-corrected chi connectivity index (χ3v) is 4.74. The van der Waals surface area contributed by atoms with E-state index in [1.54, 1.807) is 13.0 Å². The number of aliphatic hydroxyl groups is 1. The fourth-order valence-electron chi connectivity index (χ4n) is 3.04. The first-order valence-electron chi connectivity index (χ1n) is 10.9. The molecule has 13 heteroatoms. The van der Waals surface area contributed by atoms with Gasteiger partial charge >= 0.3 is 12.2 Å². The van der Waals surface area contributed by atoms with Crippen molar-refractivity contribution in [2.45, 2.75) is 19.3 Å². The van der Waals surface area contributed by atoms with E-state index in [1.807, 2.05) is 19.0 Å². The number of halogens is 3. The molecule has 2 heterocycles. The quantitative estimate of drug-likeness (QED) is 0.408. The van der Waals surface area contributed by atoms with Gasteiger partial charge in [0.1, 0.15) is 18.1 Å². The number of alkyl halides is 3. The molecule has 1 aromatic carbocycles. The Hall–Kier alpha value is -3.84. The van der Waals surface area contributed by atoms with Crippen molar-refractivity contribution in [1.82, 2.24) is 20.2 Å². The van der Waals surface area contributed by atoms with E-state index in [2.05, 4.69) is 25.9 Å². The molecule has 0 saturated heterocycles. The smallest absolute Gasteiger partial charge is 0.416 e. The molecule has 2 amide bonds. The number of hydrogen-bond donors (Lipinski definition) is 4. The van der Waals surface area contributed by atoms with Crippen molar-refractivity contribution < 1.29 is 32.5 Å². The second-order valence-corrected chi connectivity index (χ2v) is 7.92. The van der Waals surface area contributed by atoms with Gasteiger partial charge in [-0.3, -0.25) is 0 Å². The van der Waals surface area contributed by atoms with Crippen LogP contribution in [0.15, 0.2) is 48.6 Å². The van der Waals surface area contributed by atoms with E-state index in [4.69, 9.17) is 9.47 Å². The molecule has 3 rings (SSSR count). The molecule has 1 unspecified atom stereocenters. The molecule has 36 heavy (non-hydrogen) atoms. The summed E-state index contributed by atoms with van der Waals surface area (Å²) in [6.45, 7) is 2.83. The van der Waals surface area contributed by atoms with Crippen LogP contribution in [0.5, 0.6) is 5.75 Å². The first-order chi connectivity index (χ1) is 17.0. The molecule has 194 valence electrons. The summed E-state index contributed by atoms with van der Waals surface area (Å²) in [5, 5.41) is 17.4. The van der Waals surface area contributed by atoms with Crippen LogP contribution in [0.2, 0.25) is 0 Å². The van der Waals surface area contributed by atoms with Gasteiger partial charge < -0.3 is 35.4 Å². The third kappa shape index (κ3) is 7.58. The van der Waals surface area contributed by atoms with Gasteiger partial charge in [0.2, 0.25) is 0 Å². The molecule has 2 aromatic rings. The van der Waals surface area contributed by atoms with Crippen molar-refractivity contribution in [1.29, 1.82) is 0 Å². The second-order valence-electron chi connectivity index (χ2n) is 7.92. The first kappa shape index (κ1) is 26.8. The van der Waals surface area contributed by atoms with E-state index in [1.165, 1.54) is 24.7 Å². The lowest BCUT2D eigenvalue weighted by Crippen LogP contribution is -2.30. The van der Waals surface area contributed by atoms with Gasteiger partial charge in [-0.15, -0.1) is 0 Å². The Labute approximate surface area is 205 Å². The van der Waals surface area contributed by atoms with Gasteiger partial charge in [-0.05, 0) is 39.2 Å². The lowest BCUT2D eigenvalue weighted by Gasteiger charge is -2.20. The Bertz CT molecular complexity index is 1120. The van der Waals surface area contributed by atoms with Gasteiger partial charge in [-0.2, -0.15) is 13.2 Å². The maximum Gasteiger partial charge on any atom is 0.416 e. The molecule has 0 aliphatic carbocycles. The molecule has 1 atom stereocenters. The van der Waals surface area contributed by atoms with Crippen molar-refractivity contribution in [2.75, 3.05) is 44.5 Å². The number of nitrogens with zero attached hydrogens (tertiary/aromatic N) is 3. The minimum Gasteiger partial charge on any atom is -0.493 e. The Balaban J connectivity index is 1.67. The van der Waals surface area contributed by atoms with Gasteiger partial charge in [0.25, 0.3) is 0 Å². The Morgan fingerprint density at radius 3 is 2.47 bits per heavy atom. The van der Waals surface area contributed by atoms with E-state index in [0.717, 1.165) is 12.1 Å². The highest BCUT2D eigenvalue weighted by atomic mass is 19.4. The minimum absolute atomic E-state index is 0.0198. The summed E-state index contributed by atoms with van der Waals surface area (Å²) in [6.07, 6.45) is 0.188. The maximum atomic E-state index is 13.3. The summed E-state index contributed by atoms with van der Waals surface area (Å²) >= 11 is 0. The largest absolute Gasteiger partial charge is 0.493 e. The molecule has 1 aliphatic rings. The number of ether oxygens (including phenoxy) is 2. The minimum atomic E-state index is -4.62. The van der Waals surface area contributed by atoms with Crippen molar-refractivity contribution in [2.24, 2.45) is 0 Å². The summed E-state index contributed by atoms with van der Waals surface area (Å²) in [5.41, 5.74) is -0.285. The number of hydrogen-bond acceptors (Lipinski definition) is 8. The van der Waals surface area contributed by atoms with Crippen LogP contribution in [-0.4, -0.2) is 66.1 Å². The molecule has 1 aliphatic heterocycles. The van der Waals surface area contributed by atoms with Crippen LogP contribution >= 0.6 is 0 Å². The normalized spacial score (nSPS) is 15.5. The van der Waals surface area contributed by atoms with Crippen LogP contribution in [0.1, 0.15) is 18.3 Å². The number of carbonyl (C=O) groups excluding carboxylic acids is 1. The van der Waals surface area contributed by atoms with Crippen LogP contribution in [0.25, 0.3) is 5.57 Å². The van der Waals surface area contributed by atoms with Crippen LogP contribution in [-0.2, 0) is 10.9 Å². The van der Waals surface area contributed by atoms with E-state index >= 15 is 0 Å². The average Bonchev–Trinajstić information content (AvgIpc) is 2.80. The summed E-state index contributed by atoms with van der Waals surface area (Å²) < 4.78 is 50.7. The molecular weight excluding hydrogens is 481 g/mol. The number of nitrogens with one attached hydrogen (secondary N) is 3. The molecule has 0 saturated carbocycles. The second kappa shape index (κ2) is 11.7. The number of aliphatic hydroxyl groups excluding tert-OH is 1. The summed E-state index contributed by atoms with van der Waals surface area (Å²) in [4.78, 5) is 22.6. The van der Waals surface area contributed by atoms with Gasteiger partial charge in [-0.1, -0.05) is 0 Å². The number of carbonyl (C=O) groups is 1. The number of benzene rings is 1. The van der Waals surface area contributed by atoms with Crippen molar-refractivity contribution >= 4 is 23.0 Å². The number of allylic oxidation sites excluding steroid dienone is 2. The van der Waals surface area contributed by atoms with E-state index in [0.29, 0.717) is 30.3 Å². The predicted octanol–water partition coefficient (Wildman–Crippen LogP) is 3.26. The first-order valence-corrected chi connectivity index (χ1v) is 10.9. The molecule has 0 bridgehead atoms. The number of anilines is 2. The molecular formula is C23H27F3N6O4. The zero-order valence-corrected chi connectivity index (χ0v) is 19.9. The Morgan fingerprint density at radius 2 is 1.83 bits per heavy atom. The zero-order chi connectivity index (χ0) is 26.3. The number of rotatable bonds is 9. The highest BCUT2D eigenvalue weighted by Gasteiger charge is 2.31. The number of likely N-dealkylation sites (N-methyl/N-ethyl adjacent to an activating group) is 1. The molecule has 0 fully saturated rings. The fraction of sp³-hybridized carbons (Fsp3) is 0.348. The van der Waals surface area contributed by atoms with Crippen LogP contribution in [0.3, 0.4) is 0 Å². The average molecular weight is 509 g/mol. The fourth-order valence-corrected chi connectivity index (χ4v) is 3.04. The predicted molar refractivity (Wildman–Crippen MR) is 127 cm³/mol. The maximum absolute atomic E-state index is 13.3. The SMILES string of the molecule is CCOC1=CC(c2ncc(NC(=O)Nc3cc(OCCN(C)C)cc(C(F)(F)F)c3)cn2)=CNC1O. The van der Waals surface area contributed by atoms with E-state index in [9.17, 15) is 23.1 Å². The van der Waals surface area contributed by atoms with Gasteiger partial charge in [0.05, 0.1) is 30.3 Å². The summed E-state index contributed by atoms with van der Waals surface area (Å²) in [5.74, 6) is 0.593. The van der Waals surface area contributed by atoms with E-state index in [-0.39, 0.29) is 23.7 Å². The number of amides is 2. The lowest BCUT2D eigenvalue weighted by atomic mass is 10.1. The highest BCUT2D eigenvalue weighted by molar-refractivity contribution is 5.99. The molecule has 1 aromatic heterocycles. The third-order valence-electron chi connectivity index (χ3n) is 4.74. The molecule has 10 nitrogen and oxygen atoms in total. The van der Waals surface area contributed by atoms with Gasteiger partial charge in [0.15, 0.2) is 12.1 Å². The Kier molecular flexibility index (Phi) is 8.72. The van der Waals surface area contributed by atoms with Crippen molar-refractivity contribution in [3.63, 3.8) is 0 Å². The van der Waals surface area contributed by atoms with Crippen molar-refractivity contribution in [3.05, 3.63) is 60.0 Å². The van der Waals surface area contributed by atoms with Crippen LogP contribution in [0.4, 0.5) is 29.3 Å². The standard InChI is InChI=1S/C23H27F3N6O4/c1-4-35-19-7-14(11-29-21(19)33)20-27-12-17(13-28-20)31-22(34)30-16-8-15(23(24,25)26)9-18(10-16)36-6-5-32(2)3/h7-13,21,29,33H,4-6H2,1-3H3,(H2,30,31,34). The number of dihydropyridines is 1. The van der Waals surface area contributed by atoms with Crippen LogP contribution < -0.4 is 20.7 Å². The van der Waals surface area contributed by atoms with E-state index < -0.39 is 24.0 Å².